The van der Waals surface area contributed by atoms with Crippen molar-refractivity contribution < 1.29 is 0 Å². The van der Waals surface area contributed by atoms with E-state index in [0.717, 1.165) is 12.0 Å². The first kappa shape index (κ1) is 17.7. The molecule has 0 bridgehead atoms. The highest BCUT2D eigenvalue weighted by molar-refractivity contribution is 7.80. The molecule has 1 aromatic carbocycles. The number of nitrogens with zero attached hydrogens (tertiary/aromatic N) is 2. The second-order valence-corrected chi connectivity index (χ2v) is 5.66. The molecule has 0 aliphatic carbocycles. The van der Waals surface area contributed by atoms with Crippen molar-refractivity contribution in [3.05, 3.63) is 56.7 Å². The third-order valence-electron chi connectivity index (χ3n) is 3.57. The molecular weight excluding hydrogens is 326 g/mol. The number of nitrogen functional groups attached to an aromatic ring is 1. The number of anilines is 2. The van der Waals surface area contributed by atoms with Crippen LogP contribution in [0, 0.1) is 0 Å². The van der Waals surface area contributed by atoms with Crippen molar-refractivity contribution in [3.63, 3.8) is 0 Å². The Morgan fingerprint density at radius 1 is 1.33 bits per heavy atom. The fraction of sp³-hybridized carbons (Fsp3) is 0.312. The lowest BCUT2D eigenvalue weighted by Crippen LogP contribution is -2.44. The second kappa shape index (κ2) is 7.78. The molecule has 0 atom stereocenters. The lowest BCUT2D eigenvalue weighted by molar-refractivity contribution is 0.728. The Morgan fingerprint density at radius 3 is 2.58 bits per heavy atom. The van der Waals surface area contributed by atoms with Crippen molar-refractivity contribution in [2.75, 3.05) is 24.2 Å². The maximum absolute atomic E-state index is 12.3. The summed E-state index contributed by atoms with van der Waals surface area (Å²) in [4.78, 5) is 28.5. The van der Waals surface area contributed by atoms with E-state index in [0.29, 0.717) is 11.7 Å². The predicted molar refractivity (Wildman–Crippen MR) is 101 cm³/mol. The van der Waals surface area contributed by atoms with Gasteiger partial charge in [-0.25, -0.2) is 4.79 Å². The van der Waals surface area contributed by atoms with Gasteiger partial charge in [-0.3, -0.25) is 14.3 Å². The highest BCUT2D eigenvalue weighted by atomic mass is 32.1. The predicted octanol–water partition coefficient (Wildman–Crippen LogP) is 0.888. The van der Waals surface area contributed by atoms with Gasteiger partial charge < -0.3 is 16.0 Å². The first-order valence-corrected chi connectivity index (χ1v) is 8.06. The van der Waals surface area contributed by atoms with Crippen molar-refractivity contribution in [1.82, 2.24) is 14.9 Å². The first-order valence-electron chi connectivity index (χ1n) is 7.65. The van der Waals surface area contributed by atoms with E-state index >= 15 is 0 Å². The SMILES string of the molecule is CCCN(C(=S)NC)c1c(N)n(Cc2ccccc2)c(=O)[nH]c1=O. The number of H-pyrrole nitrogens is 1. The van der Waals surface area contributed by atoms with Crippen molar-refractivity contribution in [1.29, 1.82) is 0 Å². The molecule has 0 aliphatic rings. The summed E-state index contributed by atoms with van der Waals surface area (Å²) in [7, 11) is 1.68. The van der Waals surface area contributed by atoms with Crippen molar-refractivity contribution in [3.8, 4) is 0 Å². The van der Waals surface area contributed by atoms with Crippen LogP contribution in [0.1, 0.15) is 18.9 Å². The molecule has 128 valence electrons. The number of hydrogen-bond donors (Lipinski definition) is 3. The van der Waals surface area contributed by atoms with E-state index in [9.17, 15) is 9.59 Å². The van der Waals surface area contributed by atoms with E-state index in [1.165, 1.54) is 4.57 Å². The number of rotatable bonds is 5. The van der Waals surface area contributed by atoms with Gasteiger partial charge in [0, 0.05) is 13.6 Å². The van der Waals surface area contributed by atoms with Crippen LogP contribution < -0.4 is 27.2 Å². The van der Waals surface area contributed by atoms with Gasteiger partial charge in [-0.15, -0.1) is 0 Å². The molecule has 1 heterocycles. The third-order valence-corrected chi connectivity index (χ3v) is 4.00. The van der Waals surface area contributed by atoms with Crippen LogP contribution in [0.2, 0.25) is 0 Å². The molecule has 0 saturated carbocycles. The van der Waals surface area contributed by atoms with E-state index in [4.69, 9.17) is 18.0 Å². The Labute approximate surface area is 145 Å². The Kier molecular flexibility index (Phi) is 5.75. The molecule has 4 N–H and O–H groups in total. The van der Waals surface area contributed by atoms with E-state index in [-0.39, 0.29) is 18.1 Å². The highest BCUT2D eigenvalue weighted by Gasteiger charge is 2.21. The van der Waals surface area contributed by atoms with Crippen molar-refractivity contribution >= 4 is 28.8 Å². The molecule has 7 nitrogen and oxygen atoms in total. The van der Waals surface area contributed by atoms with E-state index < -0.39 is 11.2 Å². The normalized spacial score (nSPS) is 10.4. The fourth-order valence-electron chi connectivity index (χ4n) is 2.43. The molecule has 0 radical (unpaired) electrons. The molecule has 0 spiro atoms. The van der Waals surface area contributed by atoms with Crippen molar-refractivity contribution in [2.45, 2.75) is 19.9 Å². The van der Waals surface area contributed by atoms with Crippen LogP contribution in [-0.2, 0) is 6.54 Å². The van der Waals surface area contributed by atoms with Gasteiger partial charge in [0.2, 0.25) is 0 Å². The summed E-state index contributed by atoms with van der Waals surface area (Å²) in [5.41, 5.74) is 6.17. The van der Waals surface area contributed by atoms with Gasteiger partial charge in [-0.1, -0.05) is 37.3 Å². The Balaban J connectivity index is 2.57. The number of thiocarbonyl (C=S) groups is 1. The van der Waals surface area contributed by atoms with Gasteiger partial charge in [0.15, 0.2) is 10.8 Å². The zero-order valence-electron chi connectivity index (χ0n) is 13.7. The molecule has 0 amide bonds. The van der Waals surface area contributed by atoms with Crippen LogP contribution in [0.4, 0.5) is 11.5 Å². The molecule has 2 aromatic rings. The van der Waals surface area contributed by atoms with E-state index in [2.05, 4.69) is 10.3 Å². The van der Waals surface area contributed by atoms with Gasteiger partial charge in [-0.05, 0) is 24.2 Å². The van der Waals surface area contributed by atoms with Gasteiger partial charge in [0.05, 0.1) is 6.54 Å². The van der Waals surface area contributed by atoms with Crippen LogP contribution in [0.15, 0.2) is 39.9 Å². The fourth-order valence-corrected chi connectivity index (χ4v) is 2.62. The third kappa shape index (κ3) is 3.65. The average molecular weight is 347 g/mol. The molecule has 0 fully saturated rings. The maximum atomic E-state index is 12.3. The average Bonchev–Trinajstić information content (AvgIpc) is 2.58. The van der Waals surface area contributed by atoms with Gasteiger partial charge >= 0.3 is 5.69 Å². The summed E-state index contributed by atoms with van der Waals surface area (Å²) in [5, 5.41) is 3.22. The standard InChI is InChI=1S/C16H21N5O2S/c1-3-9-20(16(24)18-2)12-13(17)21(15(23)19-14(12)22)10-11-7-5-4-6-8-11/h4-8H,3,9-10,17H2,1-2H3,(H,18,24)(H,19,22,23). The summed E-state index contributed by atoms with van der Waals surface area (Å²) in [6.45, 7) is 2.74. The lowest BCUT2D eigenvalue weighted by atomic mass is 10.2. The smallest absolute Gasteiger partial charge is 0.330 e. The number of benzene rings is 1. The number of aromatic nitrogens is 2. The zero-order valence-corrected chi connectivity index (χ0v) is 14.5. The second-order valence-electron chi connectivity index (χ2n) is 5.27. The summed E-state index contributed by atoms with van der Waals surface area (Å²) in [5.74, 6) is 0.0960. The minimum Gasteiger partial charge on any atom is -0.383 e. The summed E-state index contributed by atoms with van der Waals surface area (Å²) < 4.78 is 1.34. The highest BCUT2D eigenvalue weighted by Crippen LogP contribution is 2.18. The molecule has 24 heavy (non-hydrogen) atoms. The number of hydrogen-bond acceptors (Lipinski definition) is 4. The molecule has 1 aromatic heterocycles. The Hall–Kier alpha value is -2.61. The van der Waals surface area contributed by atoms with Crippen LogP contribution in [0.25, 0.3) is 0 Å². The van der Waals surface area contributed by atoms with E-state index in [1.54, 1.807) is 11.9 Å². The zero-order chi connectivity index (χ0) is 17.7. The summed E-state index contributed by atoms with van der Waals surface area (Å²) >= 11 is 5.27. The van der Waals surface area contributed by atoms with Crippen LogP contribution >= 0.6 is 12.2 Å². The first-order chi connectivity index (χ1) is 11.5. The number of nitrogens with two attached hydrogens (primary N) is 1. The van der Waals surface area contributed by atoms with Crippen LogP contribution in [0.5, 0.6) is 0 Å². The molecule has 0 aliphatic heterocycles. The number of aromatic amines is 1. The minimum absolute atomic E-state index is 0.0960. The van der Waals surface area contributed by atoms with Crippen molar-refractivity contribution in [2.24, 2.45) is 0 Å². The minimum atomic E-state index is -0.548. The summed E-state index contributed by atoms with van der Waals surface area (Å²) in [6.07, 6.45) is 0.762. The quantitative estimate of drug-likeness (QED) is 0.695. The van der Waals surface area contributed by atoms with Gasteiger partial charge in [0.25, 0.3) is 5.56 Å². The topological polar surface area (TPSA) is 96.2 Å². The molecular formula is C16H21N5O2S. The molecule has 0 saturated heterocycles. The Bertz CT molecular complexity index is 829. The van der Waals surface area contributed by atoms with E-state index in [1.807, 2.05) is 37.3 Å². The lowest BCUT2D eigenvalue weighted by Gasteiger charge is -2.25. The summed E-state index contributed by atoms with van der Waals surface area (Å²) in [6, 6.07) is 9.42. The van der Waals surface area contributed by atoms with Crippen LogP contribution in [-0.4, -0.2) is 28.3 Å². The van der Waals surface area contributed by atoms with Gasteiger partial charge in [-0.2, -0.15) is 0 Å². The largest absolute Gasteiger partial charge is 0.383 e. The molecule has 0 unspecified atom stereocenters. The maximum Gasteiger partial charge on any atom is 0.330 e. The molecule has 8 heteroatoms. The van der Waals surface area contributed by atoms with Crippen LogP contribution in [0.3, 0.4) is 0 Å². The molecule has 2 rings (SSSR count). The van der Waals surface area contributed by atoms with Gasteiger partial charge in [0.1, 0.15) is 5.82 Å². The Morgan fingerprint density at radius 2 is 2.00 bits per heavy atom. The number of nitrogens with one attached hydrogen (secondary N) is 2. The monoisotopic (exact) mass is 347 g/mol.